The molecule has 0 radical (unpaired) electrons. The van der Waals surface area contributed by atoms with E-state index in [4.69, 9.17) is 4.74 Å². The zero-order chi connectivity index (χ0) is 57.1. The maximum Gasteiger partial charge on any atom is 0.305 e. The molecule has 0 bridgehead atoms. The minimum Gasteiger partial charge on any atom is -0.466 e. The number of esters is 1. The summed E-state index contributed by atoms with van der Waals surface area (Å²) in [6, 6.07) is -0.632. The third-order valence-corrected chi connectivity index (χ3v) is 17.0. The molecule has 0 aliphatic rings. The number of aliphatic hydroxyl groups excluding tert-OH is 2. The van der Waals surface area contributed by atoms with Crippen LogP contribution in [0.4, 0.5) is 0 Å². The van der Waals surface area contributed by atoms with Crippen LogP contribution in [0.15, 0.2) is 24.3 Å². The summed E-state index contributed by atoms with van der Waals surface area (Å²) in [7, 11) is 0. The Bertz CT molecular complexity index is 1230. The molecular formula is C73H141NO5. The van der Waals surface area contributed by atoms with Gasteiger partial charge in [0, 0.05) is 12.8 Å². The van der Waals surface area contributed by atoms with E-state index >= 15 is 0 Å². The lowest BCUT2D eigenvalue weighted by Gasteiger charge is -2.20. The molecule has 2 unspecified atom stereocenters. The largest absolute Gasteiger partial charge is 0.466 e. The first-order valence-electron chi connectivity index (χ1n) is 36.1. The molecule has 3 N–H and O–H groups in total. The number of hydrogen-bond donors (Lipinski definition) is 3. The van der Waals surface area contributed by atoms with Crippen molar-refractivity contribution in [1.82, 2.24) is 5.32 Å². The van der Waals surface area contributed by atoms with Crippen LogP contribution in [-0.2, 0) is 14.3 Å². The van der Waals surface area contributed by atoms with Crippen molar-refractivity contribution < 1.29 is 24.5 Å². The summed E-state index contributed by atoms with van der Waals surface area (Å²) in [5.74, 6) is -0.0596. The Morgan fingerprint density at radius 2 is 0.595 bits per heavy atom. The number of carbonyl (C=O) groups excluding carboxylic acids is 2. The van der Waals surface area contributed by atoms with Gasteiger partial charge in [0.1, 0.15) is 0 Å². The fraction of sp³-hybridized carbons (Fsp3) is 0.918. The monoisotopic (exact) mass is 1110 g/mol. The van der Waals surface area contributed by atoms with Crippen LogP contribution in [0.3, 0.4) is 0 Å². The highest BCUT2D eigenvalue weighted by Crippen LogP contribution is 2.19. The Hall–Kier alpha value is -1.66. The molecule has 0 aromatic rings. The minimum absolute atomic E-state index is 0.00659. The molecule has 0 saturated heterocycles. The van der Waals surface area contributed by atoms with Gasteiger partial charge in [0.25, 0.3) is 0 Å². The van der Waals surface area contributed by atoms with Crippen LogP contribution >= 0.6 is 0 Å². The van der Waals surface area contributed by atoms with E-state index in [-0.39, 0.29) is 18.5 Å². The first-order chi connectivity index (χ1) is 39.0. The summed E-state index contributed by atoms with van der Waals surface area (Å²) in [6.45, 7) is 4.94. The predicted molar refractivity (Wildman–Crippen MR) is 347 cm³/mol. The lowest BCUT2D eigenvalue weighted by molar-refractivity contribution is -0.143. The van der Waals surface area contributed by atoms with Crippen LogP contribution < -0.4 is 5.32 Å². The van der Waals surface area contributed by atoms with Crippen molar-refractivity contribution in [3.8, 4) is 0 Å². The summed E-state index contributed by atoms with van der Waals surface area (Å²) in [5.41, 5.74) is 0. The summed E-state index contributed by atoms with van der Waals surface area (Å²) < 4.78 is 5.50. The van der Waals surface area contributed by atoms with Crippen LogP contribution in [0.1, 0.15) is 406 Å². The van der Waals surface area contributed by atoms with Crippen molar-refractivity contribution in [2.75, 3.05) is 13.2 Å². The zero-order valence-corrected chi connectivity index (χ0v) is 53.6. The highest BCUT2D eigenvalue weighted by molar-refractivity contribution is 5.76. The first-order valence-corrected chi connectivity index (χ1v) is 36.1. The molecule has 6 nitrogen and oxygen atoms in total. The van der Waals surface area contributed by atoms with E-state index in [0.29, 0.717) is 19.4 Å². The van der Waals surface area contributed by atoms with Gasteiger partial charge in [-0.1, -0.05) is 359 Å². The SMILES string of the molecule is CCCCCCCCC/C=C\CCCCCCCCCC(=O)OCCCCCCCCCCCCCCCCCCCCCC(=O)NC(CO)C(O)/C=C/CCCCCCCCCCCCCCCCCCCCCCCCC. The molecule has 0 fully saturated rings. The van der Waals surface area contributed by atoms with Gasteiger partial charge >= 0.3 is 5.97 Å². The Balaban J connectivity index is 3.41. The van der Waals surface area contributed by atoms with E-state index in [1.165, 1.54) is 334 Å². The molecule has 0 aromatic carbocycles. The molecule has 0 saturated carbocycles. The van der Waals surface area contributed by atoms with Crippen LogP contribution in [-0.4, -0.2) is 47.4 Å². The van der Waals surface area contributed by atoms with Gasteiger partial charge in [-0.3, -0.25) is 9.59 Å². The van der Waals surface area contributed by atoms with E-state index < -0.39 is 12.1 Å². The molecule has 0 spiro atoms. The highest BCUT2D eigenvalue weighted by atomic mass is 16.5. The number of nitrogens with one attached hydrogen (secondary N) is 1. The Morgan fingerprint density at radius 3 is 0.899 bits per heavy atom. The molecule has 0 aliphatic carbocycles. The Morgan fingerprint density at radius 1 is 0.342 bits per heavy atom. The number of allylic oxidation sites excluding steroid dienone is 3. The maximum absolute atomic E-state index is 12.5. The second-order valence-electron chi connectivity index (χ2n) is 24.9. The van der Waals surface area contributed by atoms with Crippen LogP contribution in [0.25, 0.3) is 0 Å². The number of hydrogen-bond acceptors (Lipinski definition) is 5. The fourth-order valence-corrected chi connectivity index (χ4v) is 11.5. The van der Waals surface area contributed by atoms with Gasteiger partial charge in [0.05, 0.1) is 25.4 Å². The minimum atomic E-state index is -0.848. The van der Waals surface area contributed by atoms with E-state index in [0.717, 1.165) is 44.9 Å². The standard InChI is InChI=1S/C73H141NO5/c1-3-5-7-9-11-13-15-17-19-21-23-24-25-26-27-28-30-33-37-41-45-49-53-57-61-65-71(76)70(69-75)74-72(77)66-62-58-54-50-46-42-38-34-31-29-32-36-40-44-48-52-56-60-64-68-79-73(78)67-63-59-55-51-47-43-39-35-22-20-18-16-14-12-10-8-6-4-2/h20,22,61,65,70-71,75-76H,3-19,21,23-60,62-64,66-69H2,1-2H3,(H,74,77)/b22-20-,65-61+. The average Bonchev–Trinajstić information content (AvgIpc) is 3.45. The quantitative estimate of drug-likeness (QED) is 0.0320. The molecule has 2 atom stereocenters. The summed E-state index contributed by atoms with van der Waals surface area (Å²) in [5, 5.41) is 23.3. The van der Waals surface area contributed by atoms with E-state index in [9.17, 15) is 19.8 Å². The molecule has 0 aliphatic heterocycles. The molecule has 0 heterocycles. The number of ether oxygens (including phenoxy) is 1. The third-order valence-electron chi connectivity index (χ3n) is 17.0. The van der Waals surface area contributed by atoms with Crippen molar-refractivity contribution in [2.45, 2.75) is 418 Å². The lowest BCUT2D eigenvalue weighted by Crippen LogP contribution is -2.45. The van der Waals surface area contributed by atoms with Crippen molar-refractivity contribution in [1.29, 1.82) is 0 Å². The first kappa shape index (κ1) is 77.3. The summed E-state index contributed by atoms with van der Waals surface area (Å²) in [6.07, 6.45) is 86.8. The topological polar surface area (TPSA) is 95.9 Å². The second-order valence-corrected chi connectivity index (χ2v) is 24.9. The van der Waals surface area contributed by atoms with Crippen LogP contribution in [0.2, 0.25) is 0 Å². The van der Waals surface area contributed by atoms with Gasteiger partial charge < -0.3 is 20.3 Å². The number of unbranched alkanes of at least 4 members (excludes halogenated alkanes) is 55. The number of carbonyl (C=O) groups is 2. The van der Waals surface area contributed by atoms with E-state index in [1.54, 1.807) is 6.08 Å². The van der Waals surface area contributed by atoms with Crippen molar-refractivity contribution in [3.05, 3.63) is 24.3 Å². The Labute approximate surface area is 494 Å². The maximum atomic E-state index is 12.5. The molecular weight excluding hydrogens is 971 g/mol. The molecule has 0 rings (SSSR count). The predicted octanol–water partition coefficient (Wildman–Crippen LogP) is 23.3. The van der Waals surface area contributed by atoms with Gasteiger partial charge in [0.2, 0.25) is 5.91 Å². The second kappa shape index (κ2) is 68.8. The molecule has 79 heavy (non-hydrogen) atoms. The van der Waals surface area contributed by atoms with E-state index in [2.05, 4.69) is 31.3 Å². The molecule has 1 amide bonds. The molecule has 0 aromatic heterocycles. The number of amides is 1. The molecule has 6 heteroatoms. The zero-order valence-electron chi connectivity index (χ0n) is 53.6. The number of rotatable bonds is 68. The summed E-state index contributed by atoms with van der Waals surface area (Å²) >= 11 is 0. The van der Waals surface area contributed by atoms with Gasteiger partial charge in [-0.05, 0) is 57.8 Å². The third kappa shape index (κ3) is 65.4. The van der Waals surface area contributed by atoms with Gasteiger partial charge in [0.15, 0.2) is 0 Å². The van der Waals surface area contributed by atoms with Crippen molar-refractivity contribution in [3.63, 3.8) is 0 Å². The fourth-order valence-electron chi connectivity index (χ4n) is 11.5. The average molecular weight is 1110 g/mol. The van der Waals surface area contributed by atoms with Gasteiger partial charge in [-0.15, -0.1) is 0 Å². The highest BCUT2D eigenvalue weighted by Gasteiger charge is 2.18. The Kier molecular flexibility index (Phi) is 67.4. The van der Waals surface area contributed by atoms with Crippen molar-refractivity contribution >= 4 is 11.9 Å². The lowest BCUT2D eigenvalue weighted by atomic mass is 10.0. The van der Waals surface area contributed by atoms with Gasteiger partial charge in [-0.25, -0.2) is 0 Å². The summed E-state index contributed by atoms with van der Waals surface area (Å²) in [4.78, 5) is 24.7. The van der Waals surface area contributed by atoms with Crippen LogP contribution in [0.5, 0.6) is 0 Å². The normalized spacial score (nSPS) is 12.6. The van der Waals surface area contributed by atoms with Crippen molar-refractivity contribution in [2.24, 2.45) is 0 Å². The smallest absolute Gasteiger partial charge is 0.305 e. The van der Waals surface area contributed by atoms with E-state index in [1.807, 2.05) is 6.08 Å². The molecule has 468 valence electrons. The van der Waals surface area contributed by atoms with Crippen LogP contribution in [0, 0.1) is 0 Å². The van der Waals surface area contributed by atoms with Gasteiger partial charge in [-0.2, -0.15) is 0 Å². The number of aliphatic hydroxyl groups is 2.